The molecule has 4 rings (SSSR count). The van der Waals surface area contributed by atoms with Crippen LogP contribution < -0.4 is 10.2 Å². The van der Waals surface area contributed by atoms with E-state index in [1.807, 2.05) is 4.90 Å². The van der Waals surface area contributed by atoms with Crippen LogP contribution in [0.25, 0.3) is 0 Å². The number of anilines is 2. The van der Waals surface area contributed by atoms with E-state index < -0.39 is 27.0 Å². The van der Waals surface area contributed by atoms with Crippen molar-refractivity contribution in [2.45, 2.75) is 43.4 Å². The normalized spacial score (nSPS) is 28.3. The molecular formula is C20H29N5O5S. The summed E-state index contributed by atoms with van der Waals surface area (Å²) >= 11 is 0. The topological polar surface area (TPSA) is 139 Å². The molecule has 0 aromatic carbocycles. The minimum Gasteiger partial charge on any atom is -0.512 e. The minimum absolute atomic E-state index is 0.0901. The summed E-state index contributed by atoms with van der Waals surface area (Å²) in [5.41, 5.74) is 1.77. The first-order chi connectivity index (χ1) is 14.6. The Morgan fingerprint density at radius 3 is 2.68 bits per heavy atom. The summed E-state index contributed by atoms with van der Waals surface area (Å²) in [7, 11) is -3.33. The fraction of sp³-hybridized carbons (Fsp3) is 0.600. The van der Waals surface area contributed by atoms with Gasteiger partial charge in [0.25, 0.3) is 0 Å². The van der Waals surface area contributed by atoms with Crippen molar-refractivity contribution in [3.63, 3.8) is 0 Å². The molecule has 1 aliphatic carbocycles. The number of aliphatic hydroxyl groups excluding tert-OH is 3. The predicted octanol–water partition coefficient (Wildman–Crippen LogP) is 0.766. The highest BCUT2D eigenvalue weighted by atomic mass is 32.2. The van der Waals surface area contributed by atoms with Crippen molar-refractivity contribution in [1.29, 1.82) is 0 Å². The summed E-state index contributed by atoms with van der Waals surface area (Å²) in [5.74, 6) is 0.800. The number of sulfone groups is 1. The molecule has 1 aromatic rings. The van der Waals surface area contributed by atoms with Crippen molar-refractivity contribution >= 4 is 27.7 Å². The molecule has 0 radical (unpaired) electrons. The van der Waals surface area contributed by atoms with Gasteiger partial charge in [-0.25, -0.2) is 18.4 Å². The maximum absolute atomic E-state index is 12.3. The highest BCUT2D eigenvalue weighted by Gasteiger charge is 2.42. The molecule has 4 N–H and O–H groups in total. The molecule has 10 nitrogen and oxygen atoms in total. The number of hydrogen-bond acceptors (Lipinski definition) is 10. The number of allylic oxidation sites excluding steroid dienone is 1. The van der Waals surface area contributed by atoms with E-state index in [9.17, 15) is 23.7 Å². The first-order valence-corrected chi connectivity index (χ1v) is 12.2. The van der Waals surface area contributed by atoms with E-state index in [1.54, 1.807) is 19.2 Å². The third-order valence-electron chi connectivity index (χ3n) is 6.66. The van der Waals surface area contributed by atoms with Gasteiger partial charge in [0.15, 0.2) is 21.9 Å². The van der Waals surface area contributed by atoms with E-state index in [0.29, 0.717) is 49.6 Å². The minimum atomic E-state index is -3.33. The zero-order chi connectivity index (χ0) is 22.4. The molecule has 0 amide bonds. The van der Waals surface area contributed by atoms with Crippen LogP contribution in [0.4, 0.5) is 11.5 Å². The van der Waals surface area contributed by atoms with Gasteiger partial charge in [-0.15, -0.1) is 0 Å². The summed E-state index contributed by atoms with van der Waals surface area (Å²) in [5, 5.41) is 34.5. The van der Waals surface area contributed by atoms with Crippen LogP contribution in [0.15, 0.2) is 28.6 Å². The Balaban J connectivity index is 1.47. The number of piperazine rings is 1. The van der Waals surface area contributed by atoms with Crippen LogP contribution in [-0.4, -0.2) is 83.4 Å². The number of aliphatic imine (C=N–C) groups is 1. The first-order valence-electron chi connectivity index (χ1n) is 10.3. The number of fused-ring (bicyclic) bond motifs is 1. The first kappa shape index (κ1) is 22.0. The average Bonchev–Trinajstić information content (AvgIpc) is 2.74. The van der Waals surface area contributed by atoms with Gasteiger partial charge in [0.1, 0.15) is 6.23 Å². The van der Waals surface area contributed by atoms with E-state index >= 15 is 0 Å². The number of aliphatic hydroxyl groups is 3. The van der Waals surface area contributed by atoms with Crippen molar-refractivity contribution in [1.82, 2.24) is 9.88 Å². The summed E-state index contributed by atoms with van der Waals surface area (Å²) in [6, 6.07) is 1.73. The van der Waals surface area contributed by atoms with Gasteiger partial charge >= 0.3 is 0 Å². The molecule has 170 valence electrons. The Kier molecular flexibility index (Phi) is 5.71. The Bertz CT molecular complexity index is 1020. The molecule has 3 aliphatic rings. The van der Waals surface area contributed by atoms with Crippen LogP contribution in [-0.2, 0) is 9.84 Å². The second-order valence-corrected chi connectivity index (χ2v) is 11.2. The molecular weight excluding hydrogens is 422 g/mol. The molecule has 1 saturated heterocycles. The summed E-state index contributed by atoms with van der Waals surface area (Å²) in [4.78, 5) is 12.3. The standard InChI is InChI=1S/C20H29N5O5S/c1-20(31(2,29)30)5-3-15(26)14(11-20)19(28)25-9-7-24(8-10-25)17-16-13(4-6-21-17)18(27)23-12-22-16/h4,6,12,18-19,26-28H,3,5,7-11H2,1-2H3,(H,22,23). The van der Waals surface area contributed by atoms with Crippen molar-refractivity contribution in [2.24, 2.45) is 4.99 Å². The van der Waals surface area contributed by atoms with Crippen LogP contribution in [0, 0.1) is 0 Å². The smallest absolute Gasteiger partial charge is 0.175 e. The molecule has 3 unspecified atom stereocenters. The molecule has 3 atom stereocenters. The fourth-order valence-corrected chi connectivity index (χ4v) is 5.30. The van der Waals surface area contributed by atoms with Gasteiger partial charge in [-0.05, 0) is 25.8 Å². The van der Waals surface area contributed by atoms with E-state index in [2.05, 4.69) is 20.2 Å². The van der Waals surface area contributed by atoms with E-state index in [0.717, 1.165) is 5.69 Å². The number of nitrogens with one attached hydrogen (secondary N) is 1. The lowest BCUT2D eigenvalue weighted by atomic mass is 9.87. The number of nitrogens with zero attached hydrogens (tertiary/aromatic N) is 4. The second kappa shape index (κ2) is 8.05. The molecule has 11 heteroatoms. The van der Waals surface area contributed by atoms with Gasteiger partial charge < -0.3 is 25.5 Å². The Hall–Kier alpha value is -2.21. The molecule has 0 saturated carbocycles. The molecule has 0 bridgehead atoms. The SMILES string of the molecule is CC1(S(C)(=O)=O)CCC(O)=C(C(O)N2CCN(c3nccc4c3NC=NC4O)CC2)C1. The maximum atomic E-state index is 12.3. The van der Waals surface area contributed by atoms with Gasteiger partial charge in [0.05, 0.1) is 22.5 Å². The third kappa shape index (κ3) is 4.02. The zero-order valence-corrected chi connectivity index (χ0v) is 18.5. The summed E-state index contributed by atoms with van der Waals surface area (Å²) in [6.07, 6.45) is 3.04. The third-order valence-corrected chi connectivity index (χ3v) is 8.80. The van der Waals surface area contributed by atoms with Crippen LogP contribution in [0.1, 0.15) is 38.0 Å². The van der Waals surface area contributed by atoms with Crippen molar-refractivity contribution in [2.75, 3.05) is 42.7 Å². The lowest BCUT2D eigenvalue weighted by molar-refractivity contribution is 0.0199. The highest BCUT2D eigenvalue weighted by Crippen LogP contribution is 2.39. The van der Waals surface area contributed by atoms with Crippen molar-refractivity contribution in [3.8, 4) is 0 Å². The average molecular weight is 452 g/mol. The Morgan fingerprint density at radius 2 is 2.00 bits per heavy atom. The maximum Gasteiger partial charge on any atom is 0.175 e. The molecule has 0 spiro atoms. The van der Waals surface area contributed by atoms with Gasteiger partial charge in [-0.1, -0.05) is 0 Å². The number of aromatic nitrogens is 1. The predicted molar refractivity (Wildman–Crippen MR) is 118 cm³/mol. The summed E-state index contributed by atoms with van der Waals surface area (Å²) in [6.45, 7) is 3.85. The zero-order valence-electron chi connectivity index (χ0n) is 17.7. The Morgan fingerprint density at radius 1 is 1.29 bits per heavy atom. The largest absolute Gasteiger partial charge is 0.512 e. The molecule has 3 heterocycles. The summed E-state index contributed by atoms with van der Waals surface area (Å²) < 4.78 is 23.5. The van der Waals surface area contributed by atoms with Crippen molar-refractivity contribution in [3.05, 3.63) is 29.2 Å². The van der Waals surface area contributed by atoms with Crippen LogP contribution in [0.3, 0.4) is 0 Å². The number of pyridine rings is 1. The Labute approximate surface area is 181 Å². The van der Waals surface area contributed by atoms with Crippen molar-refractivity contribution < 1.29 is 23.7 Å². The lowest BCUT2D eigenvalue weighted by Gasteiger charge is -2.41. The molecule has 2 aliphatic heterocycles. The monoisotopic (exact) mass is 451 g/mol. The second-order valence-electron chi connectivity index (χ2n) is 8.66. The van der Waals surface area contributed by atoms with Crippen LogP contribution >= 0.6 is 0 Å². The quantitative estimate of drug-likeness (QED) is 0.523. The van der Waals surface area contributed by atoms with Crippen LogP contribution in [0.2, 0.25) is 0 Å². The van der Waals surface area contributed by atoms with Gasteiger partial charge in [-0.3, -0.25) is 4.90 Å². The lowest BCUT2D eigenvalue weighted by Crippen LogP contribution is -2.52. The van der Waals surface area contributed by atoms with E-state index in [4.69, 9.17) is 0 Å². The fourth-order valence-electron chi connectivity index (χ4n) is 4.41. The molecule has 31 heavy (non-hydrogen) atoms. The van der Waals surface area contributed by atoms with Gasteiger partial charge in [-0.2, -0.15) is 0 Å². The number of hydrogen-bond donors (Lipinski definition) is 4. The van der Waals surface area contributed by atoms with Gasteiger partial charge in [0.2, 0.25) is 0 Å². The molecule has 1 aromatic heterocycles. The van der Waals surface area contributed by atoms with E-state index in [-0.39, 0.29) is 18.6 Å². The van der Waals surface area contributed by atoms with E-state index in [1.165, 1.54) is 12.6 Å². The van der Waals surface area contributed by atoms with Gasteiger partial charge in [0, 0.05) is 56.2 Å². The molecule has 1 fully saturated rings. The van der Waals surface area contributed by atoms with Crippen LogP contribution in [0.5, 0.6) is 0 Å². The number of rotatable bonds is 4. The highest BCUT2D eigenvalue weighted by molar-refractivity contribution is 7.92.